The lowest BCUT2D eigenvalue weighted by molar-refractivity contribution is -0.404. The van der Waals surface area contributed by atoms with Crippen molar-refractivity contribution >= 4 is 0 Å². The molecule has 0 amide bonds. The number of nitrogens with one attached hydrogen (secondary N) is 1. The summed E-state index contributed by atoms with van der Waals surface area (Å²) < 4.78 is 55.0. The molecule has 0 aromatic rings. The maximum Gasteiger partial charge on any atom is 0.187 e. The number of aliphatic hydroxyl groups excluding tert-OH is 12. The number of fused-ring (bicyclic) bond motifs is 7. The van der Waals surface area contributed by atoms with Crippen molar-refractivity contribution in [3.8, 4) is 0 Å². The molecule has 22 heteroatoms. The van der Waals surface area contributed by atoms with Crippen LogP contribution in [-0.2, 0) is 42.6 Å². The highest BCUT2D eigenvalue weighted by Crippen LogP contribution is 2.71. The van der Waals surface area contributed by atoms with Crippen LogP contribution in [0.4, 0.5) is 0 Å². The average molecular weight is 1030 g/mol. The lowest BCUT2D eigenvalue weighted by atomic mass is 9.44. The van der Waals surface area contributed by atoms with E-state index in [-0.39, 0.29) is 28.8 Å². The second-order valence-corrected chi connectivity index (χ2v) is 24.0. The Balaban J connectivity index is 0.812. The molecule has 10 aliphatic rings. The average Bonchev–Trinajstić information content (AvgIpc) is 3.82. The Hall–Kier alpha value is -0.880. The highest BCUT2D eigenvalue weighted by Gasteiger charge is 2.69. The summed E-state index contributed by atoms with van der Waals surface area (Å²) >= 11 is 0. The van der Waals surface area contributed by atoms with E-state index >= 15 is 0 Å². The molecule has 4 aliphatic carbocycles. The number of hydrogen-bond donors (Lipinski definition) is 13. The Morgan fingerprint density at radius 3 is 1.88 bits per heavy atom. The summed E-state index contributed by atoms with van der Waals surface area (Å²) in [7, 11) is 0. The Labute approximate surface area is 420 Å². The van der Waals surface area contributed by atoms with Crippen LogP contribution in [0, 0.1) is 52.3 Å². The van der Waals surface area contributed by atoms with E-state index in [0.717, 1.165) is 45.1 Å². The molecule has 3 unspecified atom stereocenters. The van der Waals surface area contributed by atoms with Crippen LogP contribution in [0.2, 0.25) is 0 Å². The topological polar surface area (TPSA) is 338 Å². The van der Waals surface area contributed by atoms with Gasteiger partial charge in [-0.25, -0.2) is 0 Å². The monoisotopic (exact) mass is 1030 g/mol. The summed E-state index contributed by atoms with van der Waals surface area (Å²) in [5, 5.41) is 133. The van der Waals surface area contributed by atoms with Crippen LogP contribution in [-0.4, -0.2) is 229 Å². The Kier molecular flexibility index (Phi) is 15.9. The molecule has 72 heavy (non-hydrogen) atoms. The summed E-state index contributed by atoms with van der Waals surface area (Å²) in [5.74, 6) is 3.87. The molecule has 414 valence electrons. The number of ether oxygens (including phenoxy) is 9. The van der Waals surface area contributed by atoms with Crippen LogP contribution >= 0.6 is 0 Å². The standard InChI is InChI=1S/C50H83NO21/c1-20-7-12-50(51-15-20)21(2)32-28(72-50)14-26-24-6-5-22-13-23(8-10-48(22,3)25(24)9-11-49(26,32)4)65-45-40(63)37(60)41(31(18-54)68-45)69-47-43(71-46-39(62)36(59)34(57)29(16-52)66-46)42(35(58)30(17-53)67-47)70-44-38(61)33(56)27(55)19-64-44/h20-47,51-63H,5-19H2,1-4H3/t20-,21-,22-,23-,24+,25-,26-,27+,28-,29+,30+,31+,32-,33-,34+,35+,36-,37?,38+,39?,40?,41-,42-,43+,44-,45+,46-,47-,48-,49-,50-/m0/s1. The van der Waals surface area contributed by atoms with Gasteiger partial charge < -0.3 is 104 Å². The van der Waals surface area contributed by atoms with Crippen LogP contribution in [0.15, 0.2) is 0 Å². The van der Waals surface area contributed by atoms with Crippen molar-refractivity contribution in [1.29, 1.82) is 0 Å². The molecule has 0 radical (unpaired) electrons. The molecule has 6 saturated heterocycles. The van der Waals surface area contributed by atoms with Gasteiger partial charge in [0.2, 0.25) is 0 Å². The van der Waals surface area contributed by atoms with E-state index in [4.69, 9.17) is 42.6 Å². The number of hydrogen-bond acceptors (Lipinski definition) is 22. The maximum atomic E-state index is 11.8. The fourth-order valence-corrected chi connectivity index (χ4v) is 16.1. The minimum absolute atomic E-state index is 0.104. The summed E-state index contributed by atoms with van der Waals surface area (Å²) in [6.07, 6.45) is -22.4. The van der Waals surface area contributed by atoms with Crippen LogP contribution < -0.4 is 5.32 Å². The highest BCUT2D eigenvalue weighted by atomic mass is 16.8. The Morgan fingerprint density at radius 1 is 0.542 bits per heavy atom. The van der Waals surface area contributed by atoms with Crippen molar-refractivity contribution in [1.82, 2.24) is 5.32 Å². The van der Waals surface area contributed by atoms with Crippen molar-refractivity contribution < 1.29 is 104 Å². The molecule has 0 bridgehead atoms. The van der Waals surface area contributed by atoms with Crippen molar-refractivity contribution in [2.75, 3.05) is 33.0 Å². The Bertz CT molecular complexity index is 1830. The predicted molar refractivity (Wildman–Crippen MR) is 244 cm³/mol. The van der Waals surface area contributed by atoms with Gasteiger partial charge in [-0.15, -0.1) is 0 Å². The van der Waals surface area contributed by atoms with Gasteiger partial charge in [-0.2, -0.15) is 0 Å². The third-order valence-electron chi connectivity index (χ3n) is 20.2. The fraction of sp³-hybridized carbons (Fsp3) is 1.00. The summed E-state index contributed by atoms with van der Waals surface area (Å²) in [4.78, 5) is 0. The largest absolute Gasteiger partial charge is 0.394 e. The minimum Gasteiger partial charge on any atom is -0.394 e. The zero-order chi connectivity index (χ0) is 51.3. The quantitative estimate of drug-likeness (QED) is 0.0937. The third-order valence-corrected chi connectivity index (χ3v) is 20.2. The molecular formula is C50H83NO21. The lowest BCUT2D eigenvalue weighted by Gasteiger charge is -2.61. The van der Waals surface area contributed by atoms with Crippen LogP contribution in [0.25, 0.3) is 0 Å². The fourth-order valence-electron chi connectivity index (χ4n) is 16.1. The van der Waals surface area contributed by atoms with E-state index in [9.17, 15) is 61.3 Å². The van der Waals surface area contributed by atoms with Gasteiger partial charge >= 0.3 is 0 Å². The molecule has 13 N–H and O–H groups in total. The van der Waals surface area contributed by atoms with Gasteiger partial charge in [0.05, 0.1) is 38.6 Å². The van der Waals surface area contributed by atoms with Gasteiger partial charge in [-0.3, -0.25) is 5.32 Å². The van der Waals surface area contributed by atoms with Crippen LogP contribution in [0.5, 0.6) is 0 Å². The number of aliphatic hydroxyl groups is 12. The molecule has 22 nitrogen and oxygen atoms in total. The van der Waals surface area contributed by atoms with Gasteiger partial charge in [0, 0.05) is 12.5 Å². The molecule has 1 spiro atoms. The second kappa shape index (κ2) is 21.1. The first-order chi connectivity index (χ1) is 34.3. The van der Waals surface area contributed by atoms with E-state index in [0.29, 0.717) is 47.8 Å². The first-order valence-corrected chi connectivity index (χ1v) is 26.8. The summed E-state index contributed by atoms with van der Waals surface area (Å²) in [6.45, 7) is 7.84. The molecule has 0 aromatic heterocycles. The minimum atomic E-state index is -1.99. The normalized spacial score (nSPS) is 57.8. The van der Waals surface area contributed by atoms with Gasteiger partial charge in [0.1, 0.15) is 97.3 Å². The van der Waals surface area contributed by atoms with Crippen molar-refractivity contribution in [2.45, 2.75) is 227 Å². The molecular weight excluding hydrogens is 951 g/mol. The summed E-state index contributed by atoms with van der Waals surface area (Å²) in [5.41, 5.74) is 0.147. The zero-order valence-corrected chi connectivity index (χ0v) is 41.8. The van der Waals surface area contributed by atoms with Crippen LogP contribution in [0.3, 0.4) is 0 Å². The van der Waals surface area contributed by atoms with E-state index < -0.39 is 143 Å². The van der Waals surface area contributed by atoms with Crippen molar-refractivity contribution in [3.63, 3.8) is 0 Å². The first kappa shape index (κ1) is 54.5. The smallest absolute Gasteiger partial charge is 0.187 e. The van der Waals surface area contributed by atoms with Crippen molar-refractivity contribution in [2.24, 2.45) is 52.3 Å². The molecule has 6 aliphatic heterocycles. The molecule has 31 atom stereocenters. The van der Waals surface area contributed by atoms with Gasteiger partial charge in [-0.1, -0.05) is 27.7 Å². The third kappa shape index (κ3) is 9.26. The molecule has 10 rings (SSSR count). The van der Waals surface area contributed by atoms with E-state index in [1.807, 2.05) is 0 Å². The highest BCUT2D eigenvalue weighted by molar-refractivity contribution is 5.16. The SMILES string of the molecule is C[C@H]1CC[C@]2(NC1)O[C@H]1C[C@H]3[C@@H]4CC[C@H]5C[C@@H](O[C@@H]6O[C@H](CO)[C@H](O[C@@H]7O[C@H](CO)[C@@H](O)[C@H](O[C@@H]8OC[C@@H](O)[C@H](O)[C@H]8O)[C@H]7O[C@@H]7O[C@H](CO)[C@@H](O)[C@H](O)C7O)C(O)C6O)CC[C@]5(C)[C@H]4CC[C@]3(C)[C@H]1[C@@H]2C. The van der Waals surface area contributed by atoms with E-state index in [1.54, 1.807) is 0 Å². The lowest BCUT2D eigenvalue weighted by Crippen LogP contribution is -2.68. The van der Waals surface area contributed by atoms with Crippen LogP contribution in [0.1, 0.15) is 91.9 Å². The molecule has 0 aromatic carbocycles. The first-order valence-electron chi connectivity index (χ1n) is 26.8. The van der Waals surface area contributed by atoms with Gasteiger partial charge in [0.25, 0.3) is 0 Å². The molecule has 4 saturated carbocycles. The van der Waals surface area contributed by atoms with E-state index in [2.05, 4.69) is 33.0 Å². The second-order valence-electron chi connectivity index (χ2n) is 24.0. The maximum absolute atomic E-state index is 11.8. The predicted octanol–water partition coefficient (Wildman–Crippen LogP) is -2.70. The van der Waals surface area contributed by atoms with Gasteiger partial charge in [0.15, 0.2) is 25.2 Å². The van der Waals surface area contributed by atoms with E-state index in [1.165, 1.54) is 19.3 Å². The molecule has 10 fully saturated rings. The number of rotatable bonds is 11. The Morgan fingerprint density at radius 2 is 1.17 bits per heavy atom. The van der Waals surface area contributed by atoms with Gasteiger partial charge in [-0.05, 0) is 111 Å². The molecule has 6 heterocycles. The van der Waals surface area contributed by atoms with Crippen molar-refractivity contribution in [3.05, 3.63) is 0 Å². The zero-order valence-electron chi connectivity index (χ0n) is 41.8. The number of piperidine rings is 1. The summed E-state index contributed by atoms with van der Waals surface area (Å²) in [6, 6.07) is 0.